The first-order valence-electron chi connectivity index (χ1n) is 7.55. The maximum absolute atomic E-state index is 12.9. The SMILES string of the molecule is O=S1(=O)c2cccc3cccc(c23)N1Cc1nc(-c2ccco2)no1. The van der Waals surface area contributed by atoms with E-state index in [9.17, 15) is 8.42 Å². The normalized spacial score (nSPS) is 15.1. The van der Waals surface area contributed by atoms with Crippen LogP contribution in [0.2, 0.25) is 0 Å². The molecule has 0 N–H and O–H groups in total. The van der Waals surface area contributed by atoms with E-state index in [1.54, 1.807) is 30.3 Å². The molecule has 4 aromatic rings. The fourth-order valence-electron chi connectivity index (χ4n) is 3.08. The quantitative estimate of drug-likeness (QED) is 0.562. The third-order valence-corrected chi connectivity index (χ3v) is 5.97. The van der Waals surface area contributed by atoms with Crippen LogP contribution in [0.3, 0.4) is 0 Å². The van der Waals surface area contributed by atoms with E-state index in [1.807, 2.05) is 18.2 Å². The minimum absolute atomic E-state index is 0.0379. The van der Waals surface area contributed by atoms with Gasteiger partial charge in [-0.25, -0.2) is 8.42 Å². The molecular formula is C17H11N3O4S. The lowest BCUT2D eigenvalue weighted by Gasteiger charge is -2.16. The maximum atomic E-state index is 12.9. The van der Waals surface area contributed by atoms with Crippen molar-refractivity contribution in [2.24, 2.45) is 0 Å². The number of rotatable bonds is 3. The molecule has 2 aromatic carbocycles. The Bertz CT molecular complexity index is 1190. The molecule has 1 aliphatic heterocycles. The molecule has 3 heterocycles. The van der Waals surface area contributed by atoms with E-state index in [0.29, 0.717) is 16.3 Å². The molecule has 0 saturated heterocycles. The van der Waals surface area contributed by atoms with E-state index in [1.165, 1.54) is 10.6 Å². The minimum Gasteiger partial charge on any atom is -0.461 e. The van der Waals surface area contributed by atoms with E-state index in [-0.39, 0.29) is 18.3 Å². The van der Waals surface area contributed by atoms with Crippen molar-refractivity contribution in [1.29, 1.82) is 0 Å². The second kappa shape index (κ2) is 4.93. The van der Waals surface area contributed by atoms with Gasteiger partial charge in [-0.05, 0) is 29.7 Å². The van der Waals surface area contributed by atoms with Crippen LogP contribution in [0.25, 0.3) is 22.4 Å². The van der Waals surface area contributed by atoms with Crippen LogP contribution in [0, 0.1) is 0 Å². The Balaban J connectivity index is 1.59. The number of sulfonamides is 1. The largest absolute Gasteiger partial charge is 0.461 e. The van der Waals surface area contributed by atoms with E-state index >= 15 is 0 Å². The molecule has 2 aromatic heterocycles. The molecule has 7 nitrogen and oxygen atoms in total. The van der Waals surface area contributed by atoms with Gasteiger partial charge in [-0.2, -0.15) is 4.98 Å². The molecule has 124 valence electrons. The van der Waals surface area contributed by atoms with E-state index in [2.05, 4.69) is 10.1 Å². The zero-order valence-electron chi connectivity index (χ0n) is 12.8. The summed E-state index contributed by atoms with van der Waals surface area (Å²) in [6.45, 7) is -0.0379. The molecule has 0 fully saturated rings. The van der Waals surface area contributed by atoms with Crippen molar-refractivity contribution in [1.82, 2.24) is 10.1 Å². The first-order valence-corrected chi connectivity index (χ1v) is 8.99. The van der Waals surface area contributed by atoms with Gasteiger partial charge in [0.05, 0.1) is 16.8 Å². The van der Waals surface area contributed by atoms with Crippen LogP contribution in [0.15, 0.2) is 68.6 Å². The van der Waals surface area contributed by atoms with Crippen molar-refractivity contribution in [2.45, 2.75) is 11.4 Å². The Morgan fingerprint density at radius 2 is 1.88 bits per heavy atom. The molecular weight excluding hydrogens is 342 g/mol. The topological polar surface area (TPSA) is 89.4 Å². The summed E-state index contributed by atoms with van der Waals surface area (Å²) in [7, 11) is -3.66. The molecule has 1 aliphatic rings. The summed E-state index contributed by atoms with van der Waals surface area (Å²) in [4.78, 5) is 4.53. The highest BCUT2D eigenvalue weighted by Crippen LogP contribution is 2.42. The van der Waals surface area contributed by atoms with Crippen LogP contribution < -0.4 is 4.31 Å². The van der Waals surface area contributed by atoms with Gasteiger partial charge in [-0.1, -0.05) is 29.4 Å². The summed E-state index contributed by atoms with van der Waals surface area (Å²) in [6, 6.07) is 14.2. The predicted octanol–water partition coefficient (Wildman–Crippen LogP) is 3.19. The number of nitrogens with zero attached hydrogens (tertiary/aromatic N) is 3. The third kappa shape index (κ3) is 2.01. The molecule has 0 bridgehead atoms. The Morgan fingerprint density at radius 1 is 1.04 bits per heavy atom. The summed E-state index contributed by atoms with van der Waals surface area (Å²) in [6.07, 6.45) is 1.51. The van der Waals surface area contributed by atoms with E-state index in [0.717, 1.165) is 10.8 Å². The Labute approximate surface area is 142 Å². The van der Waals surface area contributed by atoms with Gasteiger partial charge in [-0.3, -0.25) is 4.31 Å². The second-order valence-electron chi connectivity index (χ2n) is 5.63. The number of aromatic nitrogens is 2. The van der Waals surface area contributed by atoms with Gasteiger partial charge in [0.15, 0.2) is 5.76 Å². The number of furan rings is 1. The lowest BCUT2D eigenvalue weighted by molar-refractivity contribution is 0.379. The zero-order chi connectivity index (χ0) is 17.0. The fourth-order valence-corrected chi connectivity index (χ4v) is 4.74. The van der Waals surface area contributed by atoms with Crippen LogP contribution in [-0.2, 0) is 16.6 Å². The van der Waals surface area contributed by atoms with Crippen molar-refractivity contribution in [3.8, 4) is 11.6 Å². The van der Waals surface area contributed by atoms with Gasteiger partial charge in [0.25, 0.3) is 10.0 Å². The lowest BCUT2D eigenvalue weighted by Crippen LogP contribution is -2.26. The molecule has 5 rings (SSSR count). The number of hydrogen-bond acceptors (Lipinski definition) is 6. The van der Waals surface area contributed by atoms with E-state index in [4.69, 9.17) is 8.94 Å². The minimum atomic E-state index is -3.66. The van der Waals surface area contributed by atoms with Crippen molar-refractivity contribution in [3.05, 3.63) is 60.7 Å². The summed E-state index contributed by atoms with van der Waals surface area (Å²) >= 11 is 0. The van der Waals surface area contributed by atoms with Gasteiger partial charge in [0, 0.05) is 5.39 Å². The first-order chi connectivity index (χ1) is 12.1. The van der Waals surface area contributed by atoms with Crippen LogP contribution in [0.4, 0.5) is 5.69 Å². The highest BCUT2D eigenvalue weighted by Gasteiger charge is 2.36. The molecule has 0 amide bonds. The molecule has 0 radical (unpaired) electrons. The zero-order valence-corrected chi connectivity index (χ0v) is 13.6. The summed E-state index contributed by atoms with van der Waals surface area (Å²) in [5, 5.41) is 5.44. The van der Waals surface area contributed by atoms with Crippen molar-refractivity contribution < 1.29 is 17.4 Å². The van der Waals surface area contributed by atoms with Crippen molar-refractivity contribution in [2.75, 3.05) is 4.31 Å². The monoisotopic (exact) mass is 353 g/mol. The second-order valence-corrected chi connectivity index (χ2v) is 7.46. The van der Waals surface area contributed by atoms with Crippen LogP contribution >= 0.6 is 0 Å². The van der Waals surface area contributed by atoms with E-state index < -0.39 is 10.0 Å². The summed E-state index contributed by atoms with van der Waals surface area (Å²) in [5.41, 5.74) is 0.617. The fraction of sp³-hybridized carbons (Fsp3) is 0.0588. The summed E-state index contributed by atoms with van der Waals surface area (Å²) in [5.74, 6) is 0.941. The Hall–Kier alpha value is -3.13. The van der Waals surface area contributed by atoms with Gasteiger partial charge in [0.1, 0.15) is 6.54 Å². The molecule has 0 spiro atoms. The van der Waals surface area contributed by atoms with Gasteiger partial charge in [-0.15, -0.1) is 0 Å². The van der Waals surface area contributed by atoms with Crippen molar-refractivity contribution in [3.63, 3.8) is 0 Å². The Kier molecular flexibility index (Phi) is 2.81. The molecule has 8 heteroatoms. The van der Waals surface area contributed by atoms with Crippen LogP contribution in [0.5, 0.6) is 0 Å². The highest BCUT2D eigenvalue weighted by molar-refractivity contribution is 7.93. The molecule has 0 unspecified atom stereocenters. The average Bonchev–Trinajstić information content (AvgIpc) is 3.33. The Morgan fingerprint density at radius 3 is 2.68 bits per heavy atom. The lowest BCUT2D eigenvalue weighted by atomic mass is 10.1. The van der Waals surface area contributed by atoms with Gasteiger partial charge >= 0.3 is 0 Å². The van der Waals surface area contributed by atoms with Gasteiger partial charge in [0.2, 0.25) is 11.7 Å². The van der Waals surface area contributed by atoms with Crippen molar-refractivity contribution >= 4 is 26.5 Å². The molecule has 0 atom stereocenters. The average molecular weight is 353 g/mol. The standard InChI is InChI=1S/C17H11N3O4S/c21-25(22)14-8-2-5-11-4-1-6-12(16(11)14)20(25)10-15-18-17(19-24-15)13-7-3-9-23-13/h1-9H,10H2. The number of benzene rings is 2. The van der Waals surface area contributed by atoms with Gasteiger partial charge < -0.3 is 8.94 Å². The first kappa shape index (κ1) is 14.2. The predicted molar refractivity (Wildman–Crippen MR) is 89.3 cm³/mol. The number of hydrogen-bond donors (Lipinski definition) is 0. The van der Waals surface area contributed by atoms with Crippen LogP contribution in [0.1, 0.15) is 5.89 Å². The number of anilines is 1. The molecule has 0 aliphatic carbocycles. The molecule has 0 saturated carbocycles. The van der Waals surface area contributed by atoms with Crippen LogP contribution in [-0.4, -0.2) is 18.6 Å². The summed E-state index contributed by atoms with van der Waals surface area (Å²) < 4.78 is 37.6. The highest BCUT2D eigenvalue weighted by atomic mass is 32.2. The third-order valence-electron chi connectivity index (χ3n) is 4.17. The smallest absolute Gasteiger partial charge is 0.265 e. The maximum Gasteiger partial charge on any atom is 0.265 e. The molecule has 25 heavy (non-hydrogen) atoms.